The molecule has 1 fully saturated rings. The highest BCUT2D eigenvalue weighted by Gasteiger charge is 2.28. The molecule has 10 nitrogen and oxygen atoms in total. The number of carbonyl (C=O) groups is 1. The molecule has 0 bridgehead atoms. The third kappa shape index (κ3) is 4.17. The van der Waals surface area contributed by atoms with Crippen LogP contribution in [-0.2, 0) is 18.4 Å². The van der Waals surface area contributed by atoms with Crippen LogP contribution in [0.4, 0.5) is 0 Å². The molecule has 0 amide bonds. The number of aromatic nitrogens is 4. The van der Waals surface area contributed by atoms with Crippen molar-refractivity contribution in [1.29, 1.82) is 0 Å². The van der Waals surface area contributed by atoms with Crippen LogP contribution in [0.3, 0.4) is 0 Å². The molecule has 0 radical (unpaired) electrons. The summed E-state index contributed by atoms with van der Waals surface area (Å²) in [6, 6.07) is 3.59. The van der Waals surface area contributed by atoms with E-state index in [-0.39, 0.29) is 18.6 Å². The van der Waals surface area contributed by atoms with Crippen molar-refractivity contribution in [1.82, 2.24) is 20.0 Å². The molecule has 142 valence electrons. The van der Waals surface area contributed by atoms with Gasteiger partial charge in [-0.1, -0.05) is 10.3 Å². The summed E-state index contributed by atoms with van der Waals surface area (Å²) < 4.78 is 7.58. The van der Waals surface area contributed by atoms with E-state index in [1.54, 1.807) is 17.8 Å². The highest BCUT2D eigenvalue weighted by Crippen LogP contribution is 2.30. The Morgan fingerprint density at radius 3 is 3.00 bits per heavy atom. The van der Waals surface area contributed by atoms with Gasteiger partial charge in [0.05, 0.1) is 35.6 Å². The van der Waals surface area contributed by atoms with Crippen LogP contribution in [0, 0.1) is 12.8 Å². The van der Waals surface area contributed by atoms with Crippen molar-refractivity contribution in [2.24, 2.45) is 18.1 Å². The Kier molecular flexibility index (Phi) is 5.56. The van der Waals surface area contributed by atoms with E-state index in [1.807, 2.05) is 13.0 Å². The summed E-state index contributed by atoms with van der Waals surface area (Å²) in [5.74, 6) is -0.474. The zero-order valence-corrected chi connectivity index (χ0v) is 15.2. The van der Waals surface area contributed by atoms with Gasteiger partial charge >= 0.3 is 5.97 Å². The lowest BCUT2D eigenvalue weighted by atomic mass is 9.87. The van der Waals surface area contributed by atoms with E-state index in [2.05, 4.69) is 25.3 Å². The molecule has 0 saturated heterocycles. The maximum atomic E-state index is 11.2. The van der Waals surface area contributed by atoms with Crippen LogP contribution in [0.2, 0.25) is 0 Å². The Balaban J connectivity index is 1.78. The van der Waals surface area contributed by atoms with Crippen molar-refractivity contribution < 1.29 is 14.6 Å². The maximum Gasteiger partial charge on any atom is 0.306 e. The quantitative estimate of drug-likeness (QED) is 0.470. The predicted octanol–water partition coefficient (Wildman–Crippen LogP) is 3.02. The minimum atomic E-state index is -0.760. The standard InChI is InChI=1S/C17H21N7O3/c1-10-15(27-12-5-3-4-11(8-12)17(25)26)7-6-13(20-10)16-14(9-19-22-18)24(2)23-21-16/h6-7,11-12H,3-5,8-9H2,1-2H3,(H,25,26)/t11-,12?/m0/s1. The summed E-state index contributed by atoms with van der Waals surface area (Å²) in [5.41, 5.74) is 11.1. The van der Waals surface area contributed by atoms with Gasteiger partial charge in [-0.15, -0.1) is 5.10 Å². The number of carboxylic acid groups (broad SMARTS) is 1. The molecular formula is C17H21N7O3. The van der Waals surface area contributed by atoms with Crippen molar-refractivity contribution in [2.75, 3.05) is 0 Å². The van der Waals surface area contributed by atoms with E-state index >= 15 is 0 Å². The van der Waals surface area contributed by atoms with Gasteiger partial charge in [0.15, 0.2) is 0 Å². The van der Waals surface area contributed by atoms with Gasteiger partial charge in [0, 0.05) is 12.0 Å². The molecule has 1 unspecified atom stereocenters. The second kappa shape index (κ2) is 8.05. The first-order valence-corrected chi connectivity index (χ1v) is 8.76. The number of carboxylic acids is 1. The molecule has 1 aliphatic rings. The zero-order valence-electron chi connectivity index (χ0n) is 15.2. The van der Waals surface area contributed by atoms with Gasteiger partial charge in [-0.05, 0) is 50.3 Å². The van der Waals surface area contributed by atoms with E-state index in [0.29, 0.717) is 41.4 Å². The molecule has 3 rings (SSSR count). The van der Waals surface area contributed by atoms with Gasteiger partial charge in [-0.2, -0.15) is 0 Å². The number of pyridine rings is 1. The molecule has 27 heavy (non-hydrogen) atoms. The Hall–Kier alpha value is -3.13. The van der Waals surface area contributed by atoms with Crippen LogP contribution in [0.25, 0.3) is 21.8 Å². The number of aryl methyl sites for hydroxylation is 2. The summed E-state index contributed by atoms with van der Waals surface area (Å²) in [6.07, 6.45) is 2.77. The lowest BCUT2D eigenvalue weighted by molar-refractivity contribution is -0.143. The second-order valence-corrected chi connectivity index (χ2v) is 6.62. The summed E-state index contributed by atoms with van der Waals surface area (Å²) in [4.78, 5) is 18.5. The Morgan fingerprint density at radius 1 is 1.48 bits per heavy atom. The van der Waals surface area contributed by atoms with Crippen molar-refractivity contribution in [3.63, 3.8) is 0 Å². The van der Waals surface area contributed by atoms with Gasteiger partial charge in [0.1, 0.15) is 11.4 Å². The molecule has 0 aliphatic heterocycles. The van der Waals surface area contributed by atoms with E-state index in [9.17, 15) is 9.90 Å². The zero-order chi connectivity index (χ0) is 19.4. The minimum absolute atomic E-state index is 0.122. The topological polar surface area (TPSA) is 139 Å². The highest BCUT2D eigenvalue weighted by molar-refractivity contribution is 5.70. The number of hydrogen-bond donors (Lipinski definition) is 1. The third-order valence-corrected chi connectivity index (χ3v) is 4.78. The summed E-state index contributed by atoms with van der Waals surface area (Å²) in [7, 11) is 1.73. The van der Waals surface area contributed by atoms with Gasteiger partial charge in [-0.25, -0.2) is 4.98 Å². The van der Waals surface area contributed by atoms with Crippen molar-refractivity contribution >= 4 is 5.97 Å². The summed E-state index contributed by atoms with van der Waals surface area (Å²) in [5, 5.41) is 20.9. The normalized spacial score (nSPS) is 19.3. The molecule has 0 aromatic carbocycles. The number of hydrogen-bond acceptors (Lipinski definition) is 6. The largest absolute Gasteiger partial charge is 0.489 e. The lowest BCUT2D eigenvalue weighted by Crippen LogP contribution is -2.29. The number of nitrogens with zero attached hydrogens (tertiary/aromatic N) is 7. The van der Waals surface area contributed by atoms with E-state index < -0.39 is 5.97 Å². The van der Waals surface area contributed by atoms with Crippen LogP contribution in [0.15, 0.2) is 17.2 Å². The van der Waals surface area contributed by atoms with Gasteiger partial charge < -0.3 is 9.84 Å². The second-order valence-electron chi connectivity index (χ2n) is 6.62. The molecular weight excluding hydrogens is 350 g/mol. The first-order chi connectivity index (χ1) is 13.0. The summed E-state index contributed by atoms with van der Waals surface area (Å²) in [6.45, 7) is 1.97. The van der Waals surface area contributed by atoms with Gasteiger partial charge in [-0.3, -0.25) is 9.48 Å². The molecule has 2 aromatic rings. The average molecular weight is 371 g/mol. The van der Waals surface area contributed by atoms with Crippen molar-refractivity contribution in [2.45, 2.75) is 45.3 Å². The van der Waals surface area contributed by atoms with Crippen LogP contribution in [0.1, 0.15) is 37.1 Å². The summed E-state index contributed by atoms with van der Waals surface area (Å²) >= 11 is 0. The maximum absolute atomic E-state index is 11.2. The number of ether oxygens (including phenoxy) is 1. The van der Waals surface area contributed by atoms with Gasteiger partial charge in [0.2, 0.25) is 0 Å². The number of aliphatic carboxylic acids is 1. The Morgan fingerprint density at radius 2 is 2.30 bits per heavy atom. The predicted molar refractivity (Wildman–Crippen MR) is 95.8 cm³/mol. The van der Waals surface area contributed by atoms with Crippen LogP contribution in [-0.4, -0.2) is 37.2 Å². The molecule has 1 N–H and O–H groups in total. The van der Waals surface area contributed by atoms with Crippen molar-refractivity contribution in [3.8, 4) is 17.1 Å². The fourth-order valence-corrected chi connectivity index (χ4v) is 3.31. The number of azide groups is 1. The van der Waals surface area contributed by atoms with Crippen molar-refractivity contribution in [3.05, 3.63) is 34.0 Å². The highest BCUT2D eigenvalue weighted by atomic mass is 16.5. The minimum Gasteiger partial charge on any atom is -0.489 e. The first-order valence-electron chi connectivity index (χ1n) is 8.76. The molecule has 2 heterocycles. The van der Waals surface area contributed by atoms with Crippen LogP contribution in [0.5, 0.6) is 5.75 Å². The van der Waals surface area contributed by atoms with E-state index in [1.165, 1.54) is 0 Å². The fourth-order valence-electron chi connectivity index (χ4n) is 3.31. The monoisotopic (exact) mass is 371 g/mol. The van der Waals surface area contributed by atoms with E-state index in [4.69, 9.17) is 10.3 Å². The Bertz CT molecular complexity index is 889. The lowest BCUT2D eigenvalue weighted by Gasteiger charge is -2.27. The Labute approximate surface area is 155 Å². The molecule has 2 aromatic heterocycles. The van der Waals surface area contributed by atoms with Crippen LogP contribution < -0.4 is 4.74 Å². The van der Waals surface area contributed by atoms with Gasteiger partial charge in [0.25, 0.3) is 0 Å². The molecule has 10 heteroatoms. The molecule has 0 spiro atoms. The SMILES string of the molecule is Cc1nc(-c2nnn(C)c2CN=[N+]=[N-])ccc1OC1CCC[C@H](C(=O)O)C1. The average Bonchev–Trinajstić information content (AvgIpc) is 3.02. The van der Waals surface area contributed by atoms with E-state index in [0.717, 1.165) is 12.8 Å². The molecule has 1 aliphatic carbocycles. The first kappa shape index (κ1) is 18.7. The molecule has 1 saturated carbocycles. The smallest absolute Gasteiger partial charge is 0.306 e. The third-order valence-electron chi connectivity index (χ3n) is 4.78. The molecule has 2 atom stereocenters. The fraction of sp³-hybridized carbons (Fsp3) is 0.529. The van der Waals surface area contributed by atoms with Crippen LogP contribution >= 0.6 is 0 Å². The number of rotatable bonds is 6.